The number of amides is 1. The fourth-order valence-electron chi connectivity index (χ4n) is 0.867. The first-order valence-corrected chi connectivity index (χ1v) is 5.47. The summed E-state index contributed by atoms with van der Waals surface area (Å²) in [5, 5.41) is 5.04. The maximum Gasteiger partial charge on any atom is 0.254 e. The first-order valence-electron chi connectivity index (χ1n) is 4.59. The first-order chi connectivity index (χ1) is 7.04. The van der Waals surface area contributed by atoms with Crippen molar-refractivity contribution in [1.82, 2.24) is 4.98 Å². The summed E-state index contributed by atoms with van der Waals surface area (Å²) in [7, 11) is 1.49. The lowest BCUT2D eigenvalue weighted by atomic mass is 10.3. The van der Waals surface area contributed by atoms with Crippen LogP contribution >= 0.6 is 11.3 Å². The fraction of sp³-hybridized carbons (Fsp3) is 0.556. The molecule has 2 atom stereocenters. The lowest BCUT2D eigenvalue weighted by Crippen LogP contribution is -2.26. The average molecular weight is 229 g/mol. The van der Waals surface area contributed by atoms with E-state index < -0.39 is 6.10 Å². The molecule has 0 aliphatic rings. The van der Waals surface area contributed by atoms with Crippen LogP contribution < -0.4 is 11.1 Å². The van der Waals surface area contributed by atoms with Gasteiger partial charge in [0.15, 0.2) is 5.13 Å². The second-order valence-corrected chi connectivity index (χ2v) is 4.09. The van der Waals surface area contributed by atoms with Crippen molar-refractivity contribution in [2.24, 2.45) is 5.73 Å². The molecule has 3 N–H and O–H groups in total. The number of nitrogens with one attached hydrogen (secondary N) is 1. The molecule has 15 heavy (non-hydrogen) atoms. The molecular formula is C9H15N3O2S. The summed E-state index contributed by atoms with van der Waals surface area (Å²) >= 11 is 1.36. The Morgan fingerprint density at radius 2 is 2.33 bits per heavy atom. The number of hydrogen-bond acceptors (Lipinski definition) is 5. The number of methoxy groups -OCH3 is 1. The number of nitrogens with two attached hydrogens (primary N) is 1. The molecule has 0 aromatic carbocycles. The number of carbonyl (C=O) groups excluding carboxylic acids is 1. The molecule has 5 nitrogen and oxygen atoms in total. The van der Waals surface area contributed by atoms with Gasteiger partial charge in [-0.1, -0.05) is 0 Å². The molecule has 1 heterocycles. The van der Waals surface area contributed by atoms with Crippen molar-refractivity contribution in [3.8, 4) is 0 Å². The lowest BCUT2D eigenvalue weighted by molar-refractivity contribution is -0.124. The summed E-state index contributed by atoms with van der Waals surface area (Å²) in [6.45, 7) is 3.52. The van der Waals surface area contributed by atoms with Gasteiger partial charge in [-0.3, -0.25) is 10.1 Å². The number of rotatable bonds is 4. The molecule has 0 fully saturated rings. The second kappa shape index (κ2) is 5.20. The highest BCUT2D eigenvalue weighted by atomic mass is 32.1. The Morgan fingerprint density at radius 1 is 1.67 bits per heavy atom. The van der Waals surface area contributed by atoms with Crippen molar-refractivity contribution in [2.45, 2.75) is 26.0 Å². The van der Waals surface area contributed by atoms with Crippen LogP contribution in [0.15, 0.2) is 5.38 Å². The van der Waals surface area contributed by atoms with Crippen molar-refractivity contribution in [2.75, 3.05) is 12.4 Å². The number of anilines is 1. The Hall–Kier alpha value is -0.980. The maximum absolute atomic E-state index is 11.4. The monoisotopic (exact) mass is 229 g/mol. The standard InChI is InChI=1S/C9H15N3O2S/c1-5(10)7-4-15-9(11-7)12-8(13)6(2)14-3/h4-6H,10H2,1-3H3,(H,11,12,13). The molecule has 1 rings (SSSR count). The number of ether oxygens (including phenoxy) is 1. The normalized spacial score (nSPS) is 14.7. The van der Waals surface area contributed by atoms with E-state index in [1.807, 2.05) is 12.3 Å². The van der Waals surface area contributed by atoms with Gasteiger partial charge in [0, 0.05) is 18.5 Å². The van der Waals surface area contributed by atoms with E-state index in [4.69, 9.17) is 10.5 Å². The topological polar surface area (TPSA) is 77.2 Å². The summed E-state index contributed by atoms with van der Waals surface area (Å²) in [6, 6.07) is -0.119. The summed E-state index contributed by atoms with van der Waals surface area (Å²) in [4.78, 5) is 15.6. The van der Waals surface area contributed by atoms with Crippen molar-refractivity contribution < 1.29 is 9.53 Å². The number of nitrogens with zero attached hydrogens (tertiary/aromatic N) is 1. The van der Waals surface area contributed by atoms with Gasteiger partial charge in [0.05, 0.1) is 5.69 Å². The van der Waals surface area contributed by atoms with E-state index in [9.17, 15) is 4.79 Å². The zero-order chi connectivity index (χ0) is 11.4. The van der Waals surface area contributed by atoms with Crippen LogP contribution in [0, 0.1) is 0 Å². The van der Waals surface area contributed by atoms with Crippen molar-refractivity contribution >= 4 is 22.4 Å². The molecule has 0 saturated carbocycles. The van der Waals surface area contributed by atoms with Gasteiger partial charge in [-0.15, -0.1) is 11.3 Å². The number of carbonyl (C=O) groups is 1. The lowest BCUT2D eigenvalue weighted by Gasteiger charge is -2.07. The minimum absolute atomic E-state index is 0.119. The number of thiazole rings is 1. The Balaban J connectivity index is 2.61. The SMILES string of the molecule is COC(C)C(=O)Nc1nc(C(C)N)cs1. The van der Waals surface area contributed by atoms with Crippen LogP contribution in [-0.2, 0) is 9.53 Å². The number of aromatic nitrogens is 1. The molecule has 0 aliphatic heterocycles. The predicted molar refractivity (Wildman–Crippen MR) is 59.8 cm³/mol. The molecule has 0 aliphatic carbocycles. The highest BCUT2D eigenvalue weighted by Crippen LogP contribution is 2.19. The summed E-state index contributed by atoms with van der Waals surface area (Å²) in [6.07, 6.45) is -0.479. The first kappa shape index (κ1) is 12.1. The van der Waals surface area contributed by atoms with Gasteiger partial charge < -0.3 is 10.5 Å². The fourth-order valence-corrected chi connectivity index (χ4v) is 1.68. The molecule has 1 aromatic heterocycles. The van der Waals surface area contributed by atoms with E-state index in [0.717, 1.165) is 5.69 Å². The van der Waals surface area contributed by atoms with E-state index in [0.29, 0.717) is 5.13 Å². The Kier molecular flexibility index (Phi) is 4.19. The summed E-state index contributed by atoms with van der Waals surface area (Å²) in [5.41, 5.74) is 6.43. The molecule has 6 heteroatoms. The van der Waals surface area contributed by atoms with E-state index in [1.165, 1.54) is 18.4 Å². The quantitative estimate of drug-likeness (QED) is 0.811. The van der Waals surface area contributed by atoms with Gasteiger partial charge in [-0.2, -0.15) is 0 Å². The van der Waals surface area contributed by atoms with Gasteiger partial charge >= 0.3 is 0 Å². The van der Waals surface area contributed by atoms with Crippen molar-refractivity contribution in [3.05, 3.63) is 11.1 Å². The molecule has 0 radical (unpaired) electrons. The predicted octanol–water partition coefficient (Wildman–Crippen LogP) is 1.14. The molecule has 1 aromatic rings. The summed E-state index contributed by atoms with van der Waals surface area (Å²) < 4.78 is 4.88. The van der Waals surface area contributed by atoms with E-state index in [-0.39, 0.29) is 11.9 Å². The average Bonchev–Trinajstić information content (AvgIpc) is 2.65. The molecule has 0 bridgehead atoms. The Bertz CT molecular complexity index is 338. The van der Waals surface area contributed by atoms with Crippen LogP contribution in [0.25, 0.3) is 0 Å². The zero-order valence-electron chi connectivity index (χ0n) is 8.98. The minimum atomic E-state index is -0.479. The van der Waals surface area contributed by atoms with Gasteiger partial charge in [0.25, 0.3) is 5.91 Å². The van der Waals surface area contributed by atoms with Crippen LogP contribution in [0.2, 0.25) is 0 Å². The van der Waals surface area contributed by atoms with Crippen LogP contribution in [0.5, 0.6) is 0 Å². The van der Waals surface area contributed by atoms with Crippen molar-refractivity contribution in [1.29, 1.82) is 0 Å². The van der Waals surface area contributed by atoms with Crippen molar-refractivity contribution in [3.63, 3.8) is 0 Å². The Morgan fingerprint density at radius 3 is 2.80 bits per heavy atom. The zero-order valence-corrected chi connectivity index (χ0v) is 9.80. The van der Waals surface area contributed by atoms with Crippen LogP contribution in [0.4, 0.5) is 5.13 Å². The Labute approximate surface area is 92.6 Å². The van der Waals surface area contributed by atoms with Crippen LogP contribution in [-0.4, -0.2) is 24.1 Å². The van der Waals surface area contributed by atoms with Gasteiger partial charge in [0.2, 0.25) is 0 Å². The smallest absolute Gasteiger partial charge is 0.254 e. The molecule has 0 saturated heterocycles. The third kappa shape index (κ3) is 3.26. The van der Waals surface area contributed by atoms with Gasteiger partial charge in [0.1, 0.15) is 6.10 Å². The van der Waals surface area contributed by atoms with E-state index in [1.54, 1.807) is 6.92 Å². The van der Waals surface area contributed by atoms with Crippen LogP contribution in [0.1, 0.15) is 25.6 Å². The van der Waals surface area contributed by atoms with Gasteiger partial charge in [-0.25, -0.2) is 4.98 Å². The third-order valence-electron chi connectivity index (χ3n) is 1.94. The third-order valence-corrected chi connectivity index (χ3v) is 2.72. The minimum Gasteiger partial charge on any atom is -0.372 e. The van der Waals surface area contributed by atoms with Gasteiger partial charge in [-0.05, 0) is 13.8 Å². The molecular weight excluding hydrogens is 214 g/mol. The highest BCUT2D eigenvalue weighted by molar-refractivity contribution is 7.13. The van der Waals surface area contributed by atoms with E-state index in [2.05, 4.69) is 10.3 Å². The maximum atomic E-state index is 11.4. The number of hydrogen-bond donors (Lipinski definition) is 2. The molecule has 2 unspecified atom stereocenters. The molecule has 1 amide bonds. The highest BCUT2D eigenvalue weighted by Gasteiger charge is 2.14. The summed E-state index contributed by atoms with van der Waals surface area (Å²) in [5.74, 6) is -0.205. The van der Waals surface area contributed by atoms with E-state index >= 15 is 0 Å². The largest absolute Gasteiger partial charge is 0.372 e. The molecule has 84 valence electrons. The molecule has 0 spiro atoms. The van der Waals surface area contributed by atoms with Crippen LogP contribution in [0.3, 0.4) is 0 Å². The second-order valence-electron chi connectivity index (χ2n) is 3.23.